The highest BCUT2D eigenvalue weighted by Gasteiger charge is 2.17. The summed E-state index contributed by atoms with van der Waals surface area (Å²) in [5.74, 6) is 1.40. The van der Waals surface area contributed by atoms with E-state index in [-0.39, 0.29) is 11.7 Å². The van der Waals surface area contributed by atoms with E-state index in [0.717, 1.165) is 11.1 Å². The van der Waals surface area contributed by atoms with Crippen LogP contribution in [0.25, 0.3) is 11.6 Å². The summed E-state index contributed by atoms with van der Waals surface area (Å²) < 4.78 is 7.47. The Morgan fingerprint density at radius 3 is 2.63 bits per heavy atom. The fourth-order valence-corrected chi connectivity index (χ4v) is 3.90. The van der Waals surface area contributed by atoms with Gasteiger partial charge in [0.25, 0.3) is 0 Å². The number of furan rings is 1. The predicted octanol–water partition coefficient (Wildman–Crippen LogP) is 4.65. The summed E-state index contributed by atoms with van der Waals surface area (Å²) in [4.78, 5) is 12.3. The summed E-state index contributed by atoms with van der Waals surface area (Å²) in [7, 11) is 0. The topological polar surface area (TPSA) is 73.0 Å². The maximum Gasteiger partial charge on any atom is 0.230 e. The van der Waals surface area contributed by atoms with Crippen LogP contribution in [0.15, 0.2) is 82.6 Å². The second-order valence-electron chi connectivity index (χ2n) is 6.55. The summed E-state index contributed by atoms with van der Waals surface area (Å²) >= 11 is 7.33. The number of benzene rings is 2. The van der Waals surface area contributed by atoms with Gasteiger partial charge in [0.15, 0.2) is 10.9 Å². The lowest BCUT2D eigenvalue weighted by Gasteiger charge is -2.10. The fourth-order valence-electron chi connectivity index (χ4n) is 2.92. The third kappa shape index (κ3) is 5.11. The molecule has 0 aliphatic carbocycles. The normalized spacial score (nSPS) is 10.8. The highest BCUT2D eigenvalue weighted by atomic mass is 35.5. The number of carbonyl (C=O) groups is 1. The van der Waals surface area contributed by atoms with E-state index in [4.69, 9.17) is 16.0 Å². The number of halogens is 1. The molecule has 0 unspecified atom stereocenters. The molecule has 152 valence electrons. The Labute approximate surface area is 183 Å². The van der Waals surface area contributed by atoms with Crippen molar-refractivity contribution in [2.75, 3.05) is 5.75 Å². The number of rotatable bonds is 8. The van der Waals surface area contributed by atoms with Gasteiger partial charge in [0, 0.05) is 11.6 Å². The van der Waals surface area contributed by atoms with Crippen molar-refractivity contribution in [3.8, 4) is 11.6 Å². The molecule has 0 aliphatic heterocycles. The Hall–Kier alpha value is -3.03. The first-order valence-corrected chi connectivity index (χ1v) is 10.7. The van der Waals surface area contributed by atoms with E-state index >= 15 is 0 Å². The van der Waals surface area contributed by atoms with Gasteiger partial charge in [0.2, 0.25) is 11.7 Å². The minimum absolute atomic E-state index is 0.0891. The van der Waals surface area contributed by atoms with Crippen molar-refractivity contribution >= 4 is 29.3 Å². The van der Waals surface area contributed by atoms with E-state index in [1.165, 1.54) is 11.8 Å². The quantitative estimate of drug-likeness (QED) is 0.405. The molecule has 1 amide bonds. The Morgan fingerprint density at radius 1 is 1.03 bits per heavy atom. The average molecular weight is 439 g/mol. The first kappa shape index (κ1) is 20.3. The molecule has 1 N–H and O–H groups in total. The van der Waals surface area contributed by atoms with Crippen LogP contribution in [0.4, 0.5) is 0 Å². The number of carbonyl (C=O) groups excluding carboxylic acids is 1. The number of thioether (sulfide) groups is 1. The van der Waals surface area contributed by atoms with E-state index in [9.17, 15) is 4.79 Å². The Morgan fingerprint density at radius 2 is 1.87 bits per heavy atom. The SMILES string of the molecule is O=C(CSc1nnc(-c2ccco2)n1Cc1ccccc1)NCc1cccc(Cl)c1. The first-order valence-electron chi connectivity index (χ1n) is 9.34. The number of aromatic nitrogens is 3. The second kappa shape index (κ2) is 9.65. The molecule has 2 aromatic heterocycles. The molecule has 4 rings (SSSR count). The molecule has 4 aromatic rings. The van der Waals surface area contributed by atoms with Gasteiger partial charge in [-0.1, -0.05) is 65.8 Å². The molecule has 0 saturated carbocycles. The molecule has 0 atom stereocenters. The Kier molecular flexibility index (Phi) is 6.51. The number of nitrogens with one attached hydrogen (secondary N) is 1. The van der Waals surface area contributed by atoms with Gasteiger partial charge in [-0.25, -0.2) is 0 Å². The van der Waals surface area contributed by atoms with Crippen LogP contribution in [0.5, 0.6) is 0 Å². The lowest BCUT2D eigenvalue weighted by atomic mass is 10.2. The zero-order valence-corrected chi connectivity index (χ0v) is 17.6. The molecule has 0 radical (unpaired) electrons. The summed E-state index contributed by atoms with van der Waals surface area (Å²) in [6, 6.07) is 21.1. The zero-order chi connectivity index (χ0) is 20.8. The van der Waals surface area contributed by atoms with Crippen LogP contribution in [-0.2, 0) is 17.9 Å². The molecule has 0 bridgehead atoms. The molecule has 0 fully saturated rings. The molecular formula is C22H19ClN4O2S. The summed E-state index contributed by atoms with van der Waals surface area (Å²) in [5.41, 5.74) is 2.06. The molecule has 0 spiro atoms. The van der Waals surface area contributed by atoms with Gasteiger partial charge < -0.3 is 9.73 Å². The van der Waals surface area contributed by atoms with Gasteiger partial charge in [-0.05, 0) is 35.4 Å². The van der Waals surface area contributed by atoms with E-state index in [1.54, 1.807) is 12.3 Å². The van der Waals surface area contributed by atoms with Gasteiger partial charge in [-0.3, -0.25) is 9.36 Å². The monoisotopic (exact) mass is 438 g/mol. The minimum atomic E-state index is -0.0891. The fraction of sp³-hybridized carbons (Fsp3) is 0.136. The van der Waals surface area contributed by atoms with Crippen molar-refractivity contribution in [3.63, 3.8) is 0 Å². The third-order valence-electron chi connectivity index (χ3n) is 4.35. The maximum absolute atomic E-state index is 12.3. The lowest BCUT2D eigenvalue weighted by Crippen LogP contribution is -2.24. The Balaban J connectivity index is 1.45. The molecule has 0 saturated heterocycles. The van der Waals surface area contributed by atoms with Gasteiger partial charge in [-0.15, -0.1) is 10.2 Å². The van der Waals surface area contributed by atoms with Crippen molar-refractivity contribution in [1.82, 2.24) is 20.1 Å². The van der Waals surface area contributed by atoms with Gasteiger partial charge in [0.05, 0.1) is 18.6 Å². The summed E-state index contributed by atoms with van der Waals surface area (Å²) in [6.07, 6.45) is 1.60. The molecule has 2 heterocycles. The first-order chi connectivity index (χ1) is 14.7. The van der Waals surface area contributed by atoms with Crippen LogP contribution < -0.4 is 5.32 Å². The van der Waals surface area contributed by atoms with E-state index in [2.05, 4.69) is 15.5 Å². The van der Waals surface area contributed by atoms with Gasteiger partial charge in [0.1, 0.15) is 0 Å². The number of nitrogens with zero attached hydrogens (tertiary/aromatic N) is 3. The molecule has 6 nitrogen and oxygen atoms in total. The molecule has 30 heavy (non-hydrogen) atoms. The number of hydrogen-bond acceptors (Lipinski definition) is 5. The number of hydrogen-bond donors (Lipinski definition) is 1. The third-order valence-corrected chi connectivity index (χ3v) is 5.55. The van der Waals surface area contributed by atoms with Gasteiger partial charge >= 0.3 is 0 Å². The van der Waals surface area contributed by atoms with E-state index in [0.29, 0.717) is 34.9 Å². The van der Waals surface area contributed by atoms with Crippen LogP contribution in [0.2, 0.25) is 5.02 Å². The lowest BCUT2D eigenvalue weighted by molar-refractivity contribution is -0.118. The molecular weight excluding hydrogens is 420 g/mol. The van der Waals surface area contributed by atoms with Crippen LogP contribution in [0, 0.1) is 0 Å². The van der Waals surface area contributed by atoms with E-state index in [1.807, 2.05) is 65.2 Å². The second-order valence-corrected chi connectivity index (χ2v) is 7.93. The largest absolute Gasteiger partial charge is 0.461 e. The minimum Gasteiger partial charge on any atom is -0.461 e. The van der Waals surface area contributed by atoms with Crippen LogP contribution in [0.1, 0.15) is 11.1 Å². The van der Waals surface area contributed by atoms with E-state index < -0.39 is 0 Å². The predicted molar refractivity (Wildman–Crippen MR) is 117 cm³/mol. The Bertz CT molecular complexity index is 1110. The smallest absolute Gasteiger partial charge is 0.230 e. The molecule has 0 aliphatic rings. The van der Waals surface area contributed by atoms with Crippen molar-refractivity contribution in [3.05, 3.63) is 89.1 Å². The van der Waals surface area contributed by atoms with Crippen LogP contribution in [-0.4, -0.2) is 26.4 Å². The maximum atomic E-state index is 12.3. The van der Waals surface area contributed by atoms with Crippen molar-refractivity contribution in [1.29, 1.82) is 0 Å². The molecule has 8 heteroatoms. The highest BCUT2D eigenvalue weighted by molar-refractivity contribution is 7.99. The summed E-state index contributed by atoms with van der Waals surface area (Å²) in [5, 5.41) is 12.8. The zero-order valence-electron chi connectivity index (χ0n) is 16.0. The molecule has 2 aromatic carbocycles. The highest BCUT2D eigenvalue weighted by Crippen LogP contribution is 2.25. The van der Waals surface area contributed by atoms with Crippen molar-refractivity contribution < 1.29 is 9.21 Å². The van der Waals surface area contributed by atoms with Crippen molar-refractivity contribution in [2.45, 2.75) is 18.2 Å². The standard InChI is InChI=1S/C22H19ClN4O2S/c23-18-9-4-8-17(12-18)13-24-20(28)15-30-22-26-25-21(19-10-5-11-29-19)27(22)14-16-6-2-1-3-7-16/h1-12H,13-15H2,(H,24,28). The number of amides is 1. The average Bonchev–Trinajstić information content (AvgIpc) is 3.42. The van der Waals surface area contributed by atoms with Gasteiger partial charge in [-0.2, -0.15) is 0 Å². The summed E-state index contributed by atoms with van der Waals surface area (Å²) in [6.45, 7) is 1.00. The van der Waals surface area contributed by atoms with Crippen LogP contribution in [0.3, 0.4) is 0 Å². The van der Waals surface area contributed by atoms with Crippen LogP contribution >= 0.6 is 23.4 Å². The van der Waals surface area contributed by atoms with Crippen molar-refractivity contribution in [2.24, 2.45) is 0 Å².